The highest BCUT2D eigenvalue weighted by atomic mass is 35.5. The van der Waals surface area contributed by atoms with E-state index in [1.807, 2.05) is 18.2 Å². The predicted octanol–water partition coefficient (Wildman–Crippen LogP) is 4.37. The quantitative estimate of drug-likeness (QED) is 0.365. The van der Waals surface area contributed by atoms with E-state index in [4.69, 9.17) is 21.1 Å². The Kier molecular flexibility index (Phi) is 9.67. The smallest absolute Gasteiger partial charge is 0.253 e. The van der Waals surface area contributed by atoms with E-state index in [-0.39, 0.29) is 23.3 Å². The van der Waals surface area contributed by atoms with E-state index in [2.05, 4.69) is 10.6 Å². The maximum atomic E-state index is 13.2. The minimum absolute atomic E-state index is 0.0521. The summed E-state index contributed by atoms with van der Waals surface area (Å²) >= 11 is 5.90. The first kappa shape index (κ1) is 29.4. The molecule has 0 spiro atoms. The third-order valence-electron chi connectivity index (χ3n) is 6.78. The van der Waals surface area contributed by atoms with Crippen LogP contribution in [0.3, 0.4) is 0 Å². The highest BCUT2D eigenvalue weighted by molar-refractivity contribution is 7.89. The molecule has 1 atom stereocenters. The van der Waals surface area contributed by atoms with Gasteiger partial charge in [0.15, 0.2) is 11.5 Å². The number of amides is 2. The highest BCUT2D eigenvalue weighted by Gasteiger charge is 2.33. The largest absolute Gasteiger partial charge is 0.493 e. The number of piperidine rings is 1. The fourth-order valence-electron chi connectivity index (χ4n) is 4.61. The first-order valence-electron chi connectivity index (χ1n) is 12.9. The van der Waals surface area contributed by atoms with Crippen LogP contribution in [0.2, 0.25) is 5.02 Å². The topological polar surface area (TPSA) is 114 Å². The van der Waals surface area contributed by atoms with Gasteiger partial charge in [-0.2, -0.15) is 4.31 Å². The summed E-state index contributed by atoms with van der Waals surface area (Å²) in [6, 6.07) is 18.3. The number of hydrogen-bond donors (Lipinski definition) is 2. The first-order valence-corrected chi connectivity index (χ1v) is 14.7. The summed E-state index contributed by atoms with van der Waals surface area (Å²) in [6.45, 7) is 0.751. The van der Waals surface area contributed by atoms with Crippen molar-refractivity contribution in [3.8, 4) is 11.5 Å². The van der Waals surface area contributed by atoms with Gasteiger partial charge in [0.05, 0.1) is 36.3 Å². The first-order chi connectivity index (χ1) is 19.2. The number of nitrogens with one attached hydrogen (secondary N) is 2. The molecule has 11 heteroatoms. The number of carbonyl (C=O) groups excluding carboxylic acids is 2. The Morgan fingerprint density at radius 2 is 1.73 bits per heavy atom. The third-order valence-corrected chi connectivity index (χ3v) is 8.91. The van der Waals surface area contributed by atoms with Crippen LogP contribution >= 0.6 is 11.6 Å². The molecule has 3 aromatic carbocycles. The molecule has 0 unspecified atom stereocenters. The number of anilines is 1. The van der Waals surface area contributed by atoms with Gasteiger partial charge < -0.3 is 20.1 Å². The predicted molar refractivity (Wildman–Crippen MR) is 154 cm³/mol. The minimum atomic E-state index is -3.77. The molecule has 3 aromatic rings. The Bertz CT molecular complexity index is 1460. The Labute approximate surface area is 239 Å². The SMILES string of the molecule is COc1ccc(CCNC(=O)c2ccccc2NC(=O)[C@H]2CCCN(S(=O)(=O)c3ccc(Cl)cc3)C2)cc1OC. The Hall–Kier alpha value is -3.60. The molecule has 1 aliphatic rings. The Balaban J connectivity index is 1.38. The molecule has 0 radical (unpaired) electrons. The number of carbonyl (C=O) groups is 2. The van der Waals surface area contributed by atoms with E-state index in [9.17, 15) is 18.0 Å². The van der Waals surface area contributed by atoms with Gasteiger partial charge in [-0.05, 0) is 73.4 Å². The molecule has 2 N–H and O–H groups in total. The van der Waals surface area contributed by atoms with Crippen molar-refractivity contribution in [3.05, 3.63) is 82.9 Å². The van der Waals surface area contributed by atoms with Crippen molar-refractivity contribution in [2.24, 2.45) is 5.92 Å². The summed E-state index contributed by atoms with van der Waals surface area (Å²) in [4.78, 5) is 26.3. The normalized spacial score (nSPS) is 15.7. The summed E-state index contributed by atoms with van der Waals surface area (Å²) in [5.74, 6) is 0.0239. The lowest BCUT2D eigenvalue weighted by Crippen LogP contribution is -2.43. The van der Waals surface area contributed by atoms with Gasteiger partial charge in [0.1, 0.15) is 0 Å². The molecule has 9 nitrogen and oxygen atoms in total. The van der Waals surface area contributed by atoms with Gasteiger partial charge in [0, 0.05) is 24.7 Å². The molecular weight excluding hydrogens is 554 g/mol. The summed E-state index contributed by atoms with van der Waals surface area (Å²) in [5.41, 5.74) is 1.66. The number of sulfonamides is 1. The summed E-state index contributed by atoms with van der Waals surface area (Å²) < 4.78 is 38.2. The van der Waals surface area contributed by atoms with Crippen molar-refractivity contribution in [1.82, 2.24) is 9.62 Å². The van der Waals surface area contributed by atoms with Crippen LogP contribution in [0.15, 0.2) is 71.6 Å². The monoisotopic (exact) mass is 585 g/mol. The van der Waals surface area contributed by atoms with Crippen LogP contribution in [0.4, 0.5) is 5.69 Å². The van der Waals surface area contributed by atoms with E-state index in [0.29, 0.717) is 60.1 Å². The maximum absolute atomic E-state index is 13.2. The summed E-state index contributed by atoms with van der Waals surface area (Å²) in [6.07, 6.45) is 1.65. The number of hydrogen-bond acceptors (Lipinski definition) is 6. The number of methoxy groups -OCH3 is 2. The summed E-state index contributed by atoms with van der Waals surface area (Å²) in [5, 5.41) is 6.19. The van der Waals surface area contributed by atoms with Gasteiger partial charge in [0.25, 0.3) is 5.91 Å². The average molecular weight is 586 g/mol. The van der Waals surface area contributed by atoms with Gasteiger partial charge in [-0.1, -0.05) is 29.8 Å². The lowest BCUT2D eigenvalue weighted by Gasteiger charge is -2.31. The highest BCUT2D eigenvalue weighted by Crippen LogP contribution is 2.28. The molecule has 4 rings (SSSR count). The van der Waals surface area contributed by atoms with E-state index in [0.717, 1.165) is 5.56 Å². The lowest BCUT2D eigenvalue weighted by molar-refractivity contribution is -0.120. The van der Waals surface area contributed by atoms with Gasteiger partial charge in [-0.15, -0.1) is 0 Å². The molecule has 1 aliphatic heterocycles. The second-order valence-corrected chi connectivity index (χ2v) is 11.8. The lowest BCUT2D eigenvalue weighted by atomic mass is 9.98. The van der Waals surface area contributed by atoms with E-state index >= 15 is 0 Å². The second kappa shape index (κ2) is 13.2. The molecule has 212 valence electrons. The number of nitrogens with zero attached hydrogens (tertiary/aromatic N) is 1. The van der Waals surface area contributed by atoms with E-state index in [1.165, 1.54) is 28.6 Å². The van der Waals surface area contributed by atoms with Gasteiger partial charge in [-0.25, -0.2) is 8.42 Å². The Morgan fingerprint density at radius 3 is 2.45 bits per heavy atom. The zero-order valence-electron chi connectivity index (χ0n) is 22.4. The van der Waals surface area contributed by atoms with Crippen LogP contribution in [0.25, 0.3) is 0 Å². The van der Waals surface area contributed by atoms with Gasteiger partial charge >= 0.3 is 0 Å². The molecular formula is C29H32ClN3O6S. The van der Waals surface area contributed by atoms with Crippen molar-refractivity contribution < 1.29 is 27.5 Å². The second-order valence-electron chi connectivity index (χ2n) is 9.39. The molecule has 0 aromatic heterocycles. The molecule has 1 saturated heterocycles. The average Bonchev–Trinajstić information content (AvgIpc) is 2.97. The fourth-order valence-corrected chi connectivity index (χ4v) is 6.26. The van der Waals surface area contributed by atoms with E-state index < -0.39 is 15.9 Å². The van der Waals surface area contributed by atoms with Crippen molar-refractivity contribution in [3.63, 3.8) is 0 Å². The van der Waals surface area contributed by atoms with Crippen molar-refractivity contribution in [2.45, 2.75) is 24.2 Å². The number of benzene rings is 3. The summed E-state index contributed by atoms with van der Waals surface area (Å²) in [7, 11) is -0.627. The van der Waals surface area contributed by atoms with Crippen LogP contribution < -0.4 is 20.1 Å². The van der Waals surface area contributed by atoms with Crippen molar-refractivity contribution in [1.29, 1.82) is 0 Å². The van der Waals surface area contributed by atoms with Crippen LogP contribution in [0, 0.1) is 5.92 Å². The van der Waals surface area contributed by atoms with E-state index in [1.54, 1.807) is 38.5 Å². The van der Waals surface area contributed by atoms with Gasteiger partial charge in [-0.3, -0.25) is 9.59 Å². The number of ether oxygens (including phenoxy) is 2. The van der Waals surface area contributed by atoms with Crippen molar-refractivity contribution >= 4 is 39.1 Å². The molecule has 0 saturated carbocycles. The zero-order valence-corrected chi connectivity index (χ0v) is 23.9. The molecule has 2 amide bonds. The zero-order chi connectivity index (χ0) is 28.7. The van der Waals surface area contributed by atoms with Crippen LogP contribution in [0.1, 0.15) is 28.8 Å². The minimum Gasteiger partial charge on any atom is -0.493 e. The maximum Gasteiger partial charge on any atom is 0.253 e. The van der Waals surface area contributed by atoms with Crippen LogP contribution in [-0.4, -0.2) is 58.4 Å². The molecule has 1 fully saturated rings. The van der Waals surface area contributed by atoms with Crippen LogP contribution in [0.5, 0.6) is 11.5 Å². The third kappa shape index (κ3) is 6.93. The standard InChI is InChI=1S/C29H32ClN3O6S/c1-38-26-14-9-20(18-27(26)39-2)15-16-31-29(35)24-7-3-4-8-25(24)32-28(34)21-6-5-17-33(19-21)40(36,37)23-12-10-22(30)11-13-23/h3-4,7-14,18,21H,5-6,15-17,19H2,1-2H3,(H,31,35)(H,32,34)/t21-/m0/s1. The molecule has 40 heavy (non-hydrogen) atoms. The van der Waals surface area contributed by atoms with Crippen molar-refractivity contribution in [2.75, 3.05) is 39.2 Å². The van der Waals surface area contributed by atoms with Gasteiger partial charge in [0.2, 0.25) is 15.9 Å². The molecule has 1 heterocycles. The molecule has 0 bridgehead atoms. The molecule has 0 aliphatic carbocycles. The fraction of sp³-hybridized carbons (Fsp3) is 0.310. The number of para-hydroxylation sites is 1. The Morgan fingerprint density at radius 1 is 1.00 bits per heavy atom. The van der Waals surface area contributed by atoms with Crippen LogP contribution in [-0.2, 0) is 21.2 Å². The number of halogens is 1. The number of rotatable bonds is 10.